The molecule has 9 nitrogen and oxygen atoms in total. The number of hydrogen-bond acceptors (Lipinski definition) is 8. The number of unbranched alkanes of at least 4 members (excludes halogenated alkanes) is 4. The number of hydrogen-bond donors (Lipinski definition) is 2. The van der Waals surface area contributed by atoms with Crippen LogP contribution in [0, 0.1) is 0 Å². The van der Waals surface area contributed by atoms with Crippen LogP contribution in [0.25, 0.3) is 0 Å². The van der Waals surface area contributed by atoms with Crippen LogP contribution < -0.4 is 14.8 Å². The van der Waals surface area contributed by atoms with Gasteiger partial charge in [-0.25, -0.2) is 4.57 Å². The molecule has 2 N–H and O–H groups in total. The molecule has 5 atom stereocenters. The second-order valence-electron chi connectivity index (χ2n) is 8.51. The van der Waals surface area contributed by atoms with Crippen LogP contribution in [0.1, 0.15) is 73.7 Å². The van der Waals surface area contributed by atoms with Gasteiger partial charge in [-0.2, -0.15) is 0 Å². The summed E-state index contributed by atoms with van der Waals surface area (Å²) in [4.78, 5) is 12.8. The molecule has 1 amide bonds. The monoisotopic (exact) mass is 453 g/mol. The highest BCUT2D eigenvalue weighted by Crippen LogP contribution is 2.62. The van der Waals surface area contributed by atoms with Gasteiger partial charge in [0.2, 0.25) is 12.5 Å². The maximum absolute atomic E-state index is 13.0. The Morgan fingerprint density at radius 2 is 2.03 bits per heavy atom. The van der Waals surface area contributed by atoms with Crippen LogP contribution in [0.3, 0.4) is 0 Å². The molecule has 1 saturated carbocycles. The van der Waals surface area contributed by atoms with Crippen LogP contribution in [0.2, 0.25) is 0 Å². The molecule has 31 heavy (non-hydrogen) atoms. The van der Waals surface area contributed by atoms with Crippen molar-refractivity contribution >= 4 is 13.7 Å². The van der Waals surface area contributed by atoms with Crippen LogP contribution in [0.5, 0.6) is 17.2 Å². The number of carbonyl (C=O) groups excluding carboxylic acids is 1. The Kier molecular flexibility index (Phi) is 5.63. The average Bonchev–Trinajstić information content (AvgIpc) is 3.35. The molecule has 1 aromatic carbocycles. The van der Waals surface area contributed by atoms with Gasteiger partial charge < -0.3 is 19.9 Å². The van der Waals surface area contributed by atoms with Gasteiger partial charge in [-0.3, -0.25) is 18.4 Å². The number of fused-ring (bicyclic) bond motifs is 6. The van der Waals surface area contributed by atoms with Crippen LogP contribution in [0.4, 0.5) is 0 Å². The molecule has 3 aliphatic heterocycles. The number of benzene rings is 1. The summed E-state index contributed by atoms with van der Waals surface area (Å²) in [7, 11) is -3.67. The highest BCUT2D eigenvalue weighted by molar-refractivity contribution is 7.48. The summed E-state index contributed by atoms with van der Waals surface area (Å²) >= 11 is 0. The SMILES string of the molecule is CCCCCCCOP1(=O)OC2CC[C@@H]3c4cc5c(c(O)c4C(=O)NC3C2O1)OCO5. The zero-order chi connectivity index (χ0) is 21.6. The number of rotatable bonds is 7. The third kappa shape index (κ3) is 3.71. The second kappa shape index (κ2) is 8.28. The zero-order valence-electron chi connectivity index (χ0n) is 17.5. The predicted octanol–water partition coefficient (Wildman–Crippen LogP) is 3.99. The van der Waals surface area contributed by atoms with Crippen molar-refractivity contribution in [2.75, 3.05) is 13.4 Å². The van der Waals surface area contributed by atoms with E-state index in [2.05, 4.69) is 12.2 Å². The second-order valence-corrected chi connectivity index (χ2v) is 10.1. The minimum absolute atomic E-state index is 0.00210. The number of ether oxygens (including phenoxy) is 2. The Bertz CT molecular complexity index is 921. The summed E-state index contributed by atoms with van der Waals surface area (Å²) in [6.45, 7) is 2.48. The highest BCUT2D eigenvalue weighted by Gasteiger charge is 2.56. The summed E-state index contributed by atoms with van der Waals surface area (Å²) in [5.74, 6) is -0.136. The number of amides is 1. The normalized spacial score (nSPS) is 32.9. The van der Waals surface area contributed by atoms with E-state index in [1.807, 2.05) is 0 Å². The highest BCUT2D eigenvalue weighted by atomic mass is 31.2. The summed E-state index contributed by atoms with van der Waals surface area (Å²) in [5.41, 5.74) is 0.894. The Balaban J connectivity index is 1.31. The first kappa shape index (κ1) is 21.1. The van der Waals surface area contributed by atoms with E-state index >= 15 is 0 Å². The van der Waals surface area contributed by atoms with E-state index in [9.17, 15) is 14.5 Å². The van der Waals surface area contributed by atoms with Crippen LogP contribution in [-0.4, -0.2) is 42.7 Å². The topological polar surface area (TPSA) is 113 Å². The zero-order valence-corrected chi connectivity index (χ0v) is 18.4. The van der Waals surface area contributed by atoms with Gasteiger partial charge >= 0.3 is 7.82 Å². The molecule has 0 aromatic heterocycles. The number of phenols is 1. The standard InChI is InChI=1S/C21H28NO8P/c1-2-3-4-5-6-9-28-31(25)29-14-8-7-12-13-10-15-20(27-11-26-15)18(23)16(13)21(24)22-17(12)19(14)30-31/h10,12,14,17,19,23H,2-9,11H2,1H3,(H,22,24)/t12-,14?,17?,19?,31?/m1/s1. The van der Waals surface area contributed by atoms with Crippen LogP contribution >= 0.6 is 7.82 Å². The number of carbonyl (C=O) groups is 1. The lowest BCUT2D eigenvalue weighted by Crippen LogP contribution is -2.56. The van der Waals surface area contributed by atoms with Crippen molar-refractivity contribution in [2.45, 2.75) is 76.0 Å². The van der Waals surface area contributed by atoms with Crippen molar-refractivity contribution in [3.63, 3.8) is 0 Å². The van der Waals surface area contributed by atoms with Crippen molar-refractivity contribution in [1.29, 1.82) is 0 Å². The Morgan fingerprint density at radius 3 is 2.87 bits per heavy atom. The fourth-order valence-electron chi connectivity index (χ4n) is 5.01. The molecule has 1 saturated heterocycles. The maximum Gasteiger partial charge on any atom is 0.475 e. The van der Waals surface area contributed by atoms with Crippen LogP contribution in [-0.2, 0) is 18.1 Å². The van der Waals surface area contributed by atoms with Gasteiger partial charge in [-0.1, -0.05) is 32.6 Å². The average molecular weight is 453 g/mol. The quantitative estimate of drug-likeness (QED) is 0.471. The number of phosphoric ester groups is 1. The number of phosphoric acid groups is 1. The minimum atomic E-state index is -3.67. The molecular weight excluding hydrogens is 425 g/mol. The number of nitrogens with one attached hydrogen (secondary N) is 1. The number of phenolic OH excluding ortho intramolecular Hbond substituents is 1. The molecule has 4 unspecified atom stereocenters. The molecule has 1 aromatic rings. The van der Waals surface area contributed by atoms with E-state index in [0.717, 1.165) is 25.7 Å². The summed E-state index contributed by atoms with van der Waals surface area (Å²) in [5, 5.41) is 13.5. The molecular formula is C21H28NO8P. The Hall–Kier alpha value is -1.80. The van der Waals surface area contributed by atoms with E-state index in [1.54, 1.807) is 6.07 Å². The molecule has 0 spiro atoms. The lowest BCUT2D eigenvalue weighted by atomic mass is 9.73. The van der Waals surface area contributed by atoms with Crippen molar-refractivity contribution in [1.82, 2.24) is 5.32 Å². The first-order chi connectivity index (χ1) is 15.0. The van der Waals surface area contributed by atoms with Crippen molar-refractivity contribution in [2.24, 2.45) is 0 Å². The lowest BCUT2D eigenvalue weighted by molar-refractivity contribution is 0.0522. The summed E-state index contributed by atoms with van der Waals surface area (Å²) < 4.78 is 40.8. The summed E-state index contributed by atoms with van der Waals surface area (Å²) in [6.07, 6.45) is 5.58. The Morgan fingerprint density at radius 1 is 1.19 bits per heavy atom. The molecule has 2 fully saturated rings. The fraction of sp³-hybridized carbons (Fsp3) is 0.667. The fourth-order valence-corrected chi connectivity index (χ4v) is 6.65. The molecule has 1 aliphatic carbocycles. The van der Waals surface area contributed by atoms with E-state index in [4.69, 9.17) is 23.0 Å². The molecule has 0 radical (unpaired) electrons. The third-order valence-corrected chi connectivity index (χ3v) is 8.05. The van der Waals surface area contributed by atoms with Crippen LogP contribution in [0.15, 0.2) is 6.07 Å². The first-order valence-electron chi connectivity index (χ1n) is 11.1. The van der Waals surface area contributed by atoms with E-state index in [1.165, 1.54) is 6.42 Å². The largest absolute Gasteiger partial charge is 0.504 e. The maximum atomic E-state index is 13.0. The van der Waals surface area contributed by atoms with Gasteiger partial charge in [0.05, 0.1) is 24.3 Å². The van der Waals surface area contributed by atoms with E-state index in [0.29, 0.717) is 30.8 Å². The van der Waals surface area contributed by atoms with Gasteiger partial charge in [0.25, 0.3) is 5.91 Å². The van der Waals surface area contributed by atoms with Gasteiger partial charge in [0.15, 0.2) is 11.5 Å². The number of aromatic hydroxyl groups is 1. The summed E-state index contributed by atoms with van der Waals surface area (Å²) in [6, 6.07) is 1.33. The van der Waals surface area contributed by atoms with Gasteiger partial charge in [0, 0.05) is 5.92 Å². The molecule has 170 valence electrons. The molecule has 0 bridgehead atoms. The molecule has 3 heterocycles. The Labute approximate surface area is 181 Å². The molecule has 4 aliphatic rings. The minimum Gasteiger partial charge on any atom is -0.504 e. The molecule has 5 rings (SSSR count). The van der Waals surface area contributed by atoms with Crippen molar-refractivity contribution in [3.05, 3.63) is 17.2 Å². The lowest BCUT2D eigenvalue weighted by Gasteiger charge is -2.41. The first-order valence-corrected chi connectivity index (χ1v) is 12.5. The van der Waals surface area contributed by atoms with Gasteiger partial charge in [0.1, 0.15) is 6.10 Å². The van der Waals surface area contributed by atoms with Gasteiger partial charge in [-0.05, 0) is 30.9 Å². The van der Waals surface area contributed by atoms with Gasteiger partial charge in [-0.15, -0.1) is 0 Å². The van der Waals surface area contributed by atoms with Crippen molar-refractivity contribution < 1.29 is 37.5 Å². The predicted molar refractivity (Wildman–Crippen MR) is 110 cm³/mol. The smallest absolute Gasteiger partial charge is 0.475 e. The van der Waals surface area contributed by atoms with Crippen molar-refractivity contribution in [3.8, 4) is 17.2 Å². The van der Waals surface area contributed by atoms with E-state index < -0.39 is 32.0 Å². The van der Waals surface area contributed by atoms with E-state index in [-0.39, 0.29) is 29.8 Å². The third-order valence-electron chi connectivity index (χ3n) is 6.52. The molecule has 10 heteroatoms.